The van der Waals surface area contributed by atoms with Crippen molar-refractivity contribution >= 4 is 9.84 Å². The Morgan fingerprint density at radius 3 is 3.06 bits per heavy atom. The van der Waals surface area contributed by atoms with Crippen LogP contribution < -0.4 is 5.32 Å². The van der Waals surface area contributed by atoms with Crippen LogP contribution in [0.5, 0.6) is 0 Å². The molecule has 1 unspecified atom stereocenters. The summed E-state index contributed by atoms with van der Waals surface area (Å²) in [6.45, 7) is 4.71. The molecule has 1 aromatic rings. The molecule has 1 atom stereocenters. The molecule has 0 amide bonds. The van der Waals surface area contributed by atoms with Crippen LogP contribution in [-0.4, -0.2) is 36.6 Å². The SMILES string of the molecule is C=CCNCc1nc(C2CCS(=O)(=O)C2)no1. The second kappa shape index (κ2) is 4.97. The fraction of sp³-hybridized carbons (Fsp3) is 0.600. The molecular formula is C10H15N3O3S. The molecule has 0 bridgehead atoms. The summed E-state index contributed by atoms with van der Waals surface area (Å²) in [5, 5.41) is 6.87. The second-order valence-corrected chi connectivity index (χ2v) is 6.29. The maximum atomic E-state index is 11.3. The van der Waals surface area contributed by atoms with E-state index in [4.69, 9.17) is 4.52 Å². The van der Waals surface area contributed by atoms with Gasteiger partial charge in [-0.2, -0.15) is 4.98 Å². The highest BCUT2D eigenvalue weighted by atomic mass is 32.2. The van der Waals surface area contributed by atoms with E-state index in [9.17, 15) is 8.42 Å². The van der Waals surface area contributed by atoms with Crippen molar-refractivity contribution in [1.29, 1.82) is 0 Å². The highest BCUT2D eigenvalue weighted by molar-refractivity contribution is 7.91. The molecule has 0 aromatic carbocycles. The number of sulfone groups is 1. The Labute approximate surface area is 100 Å². The maximum Gasteiger partial charge on any atom is 0.240 e. The van der Waals surface area contributed by atoms with Crippen molar-refractivity contribution in [1.82, 2.24) is 15.5 Å². The topological polar surface area (TPSA) is 85.1 Å². The Kier molecular flexibility index (Phi) is 3.58. The molecule has 1 aromatic heterocycles. The summed E-state index contributed by atoms with van der Waals surface area (Å²) in [6.07, 6.45) is 2.32. The first-order valence-corrected chi connectivity index (χ1v) is 7.27. The summed E-state index contributed by atoms with van der Waals surface area (Å²) < 4.78 is 27.7. The summed E-state index contributed by atoms with van der Waals surface area (Å²) in [5.74, 6) is 1.21. The van der Waals surface area contributed by atoms with Crippen molar-refractivity contribution in [2.24, 2.45) is 0 Å². The van der Waals surface area contributed by atoms with Gasteiger partial charge < -0.3 is 9.84 Å². The molecular weight excluding hydrogens is 242 g/mol. The Morgan fingerprint density at radius 1 is 1.59 bits per heavy atom. The minimum absolute atomic E-state index is 0.114. The molecule has 0 radical (unpaired) electrons. The van der Waals surface area contributed by atoms with Crippen LogP contribution in [0.3, 0.4) is 0 Å². The first kappa shape index (κ1) is 12.3. The van der Waals surface area contributed by atoms with Gasteiger partial charge in [0, 0.05) is 12.5 Å². The van der Waals surface area contributed by atoms with E-state index < -0.39 is 9.84 Å². The van der Waals surface area contributed by atoms with E-state index in [1.165, 1.54) is 0 Å². The fourth-order valence-electron chi connectivity index (χ4n) is 1.79. The van der Waals surface area contributed by atoms with Gasteiger partial charge in [-0.05, 0) is 6.42 Å². The molecule has 1 N–H and O–H groups in total. The minimum atomic E-state index is -2.91. The Morgan fingerprint density at radius 2 is 2.41 bits per heavy atom. The molecule has 0 aliphatic carbocycles. The van der Waals surface area contributed by atoms with Crippen LogP contribution in [0.15, 0.2) is 17.2 Å². The number of nitrogens with one attached hydrogen (secondary N) is 1. The van der Waals surface area contributed by atoms with Gasteiger partial charge in [-0.3, -0.25) is 0 Å². The largest absolute Gasteiger partial charge is 0.338 e. The number of aromatic nitrogens is 2. The van der Waals surface area contributed by atoms with Gasteiger partial charge >= 0.3 is 0 Å². The molecule has 0 saturated carbocycles. The standard InChI is InChI=1S/C10H15N3O3S/c1-2-4-11-6-9-12-10(13-16-9)8-3-5-17(14,15)7-8/h2,8,11H,1,3-7H2. The summed E-state index contributed by atoms with van der Waals surface area (Å²) in [6, 6.07) is 0. The monoisotopic (exact) mass is 257 g/mol. The van der Waals surface area contributed by atoms with Crippen LogP contribution in [0.2, 0.25) is 0 Å². The number of nitrogens with zero attached hydrogens (tertiary/aromatic N) is 2. The van der Waals surface area contributed by atoms with E-state index >= 15 is 0 Å². The van der Waals surface area contributed by atoms with Crippen molar-refractivity contribution in [2.75, 3.05) is 18.1 Å². The predicted octanol–water partition coefficient (Wildman–Crippen LogP) is 0.247. The van der Waals surface area contributed by atoms with Crippen molar-refractivity contribution in [3.8, 4) is 0 Å². The highest BCUT2D eigenvalue weighted by Gasteiger charge is 2.32. The van der Waals surface area contributed by atoms with Gasteiger partial charge in [0.05, 0.1) is 18.1 Å². The molecule has 1 aliphatic rings. The summed E-state index contributed by atoms with van der Waals surface area (Å²) in [5.41, 5.74) is 0. The molecule has 94 valence electrons. The Hall–Kier alpha value is -1.21. The zero-order valence-corrected chi connectivity index (χ0v) is 10.2. The van der Waals surface area contributed by atoms with E-state index in [2.05, 4.69) is 22.0 Å². The maximum absolute atomic E-state index is 11.3. The summed E-state index contributed by atoms with van der Waals surface area (Å²) >= 11 is 0. The third-order valence-electron chi connectivity index (χ3n) is 2.65. The van der Waals surface area contributed by atoms with Gasteiger partial charge in [-0.25, -0.2) is 8.42 Å². The predicted molar refractivity (Wildman–Crippen MR) is 62.2 cm³/mol. The summed E-state index contributed by atoms with van der Waals surface area (Å²) in [7, 11) is -2.91. The van der Waals surface area contributed by atoms with Crippen molar-refractivity contribution in [3.05, 3.63) is 24.4 Å². The van der Waals surface area contributed by atoms with E-state index in [0.717, 1.165) is 0 Å². The normalized spacial score (nSPS) is 22.7. The van der Waals surface area contributed by atoms with Crippen LogP contribution in [0.1, 0.15) is 24.1 Å². The molecule has 1 fully saturated rings. The Balaban J connectivity index is 1.96. The first-order valence-electron chi connectivity index (χ1n) is 5.45. The first-order chi connectivity index (χ1) is 8.11. The van der Waals surface area contributed by atoms with Gasteiger partial charge in [0.2, 0.25) is 5.89 Å². The van der Waals surface area contributed by atoms with Gasteiger partial charge in [-0.15, -0.1) is 6.58 Å². The molecule has 6 nitrogen and oxygen atoms in total. The van der Waals surface area contributed by atoms with Crippen LogP contribution >= 0.6 is 0 Å². The van der Waals surface area contributed by atoms with Crippen LogP contribution in [0, 0.1) is 0 Å². The molecule has 2 heterocycles. The number of hydrogen-bond acceptors (Lipinski definition) is 6. The van der Waals surface area contributed by atoms with Crippen LogP contribution in [0.25, 0.3) is 0 Å². The second-order valence-electron chi connectivity index (χ2n) is 4.07. The smallest absolute Gasteiger partial charge is 0.240 e. The number of rotatable bonds is 5. The van der Waals surface area contributed by atoms with Gasteiger partial charge in [0.1, 0.15) is 0 Å². The quantitative estimate of drug-likeness (QED) is 0.601. The third-order valence-corrected chi connectivity index (χ3v) is 4.41. The molecule has 7 heteroatoms. The van der Waals surface area contributed by atoms with Crippen LogP contribution in [0.4, 0.5) is 0 Å². The lowest BCUT2D eigenvalue weighted by molar-refractivity contribution is 0.363. The molecule has 2 rings (SSSR count). The molecule has 17 heavy (non-hydrogen) atoms. The minimum Gasteiger partial charge on any atom is -0.338 e. The van der Waals surface area contributed by atoms with E-state index in [1.54, 1.807) is 6.08 Å². The van der Waals surface area contributed by atoms with Gasteiger partial charge in [0.15, 0.2) is 15.7 Å². The van der Waals surface area contributed by atoms with Gasteiger partial charge in [0.25, 0.3) is 0 Å². The van der Waals surface area contributed by atoms with Gasteiger partial charge in [-0.1, -0.05) is 11.2 Å². The Bertz CT molecular complexity index is 495. The lowest BCUT2D eigenvalue weighted by Crippen LogP contribution is -2.13. The summed E-state index contributed by atoms with van der Waals surface area (Å²) in [4.78, 5) is 4.19. The zero-order chi connectivity index (χ0) is 12.3. The number of hydrogen-bond donors (Lipinski definition) is 1. The van der Waals surface area contributed by atoms with Crippen molar-refractivity contribution in [2.45, 2.75) is 18.9 Å². The average Bonchev–Trinajstić information content (AvgIpc) is 2.85. The van der Waals surface area contributed by atoms with Crippen molar-refractivity contribution < 1.29 is 12.9 Å². The average molecular weight is 257 g/mol. The van der Waals surface area contributed by atoms with E-state index in [1.807, 2.05) is 0 Å². The lowest BCUT2D eigenvalue weighted by atomic mass is 10.1. The van der Waals surface area contributed by atoms with E-state index in [-0.39, 0.29) is 17.4 Å². The van der Waals surface area contributed by atoms with Crippen molar-refractivity contribution in [3.63, 3.8) is 0 Å². The fourth-order valence-corrected chi connectivity index (χ4v) is 3.52. The molecule has 1 aliphatic heterocycles. The van der Waals surface area contributed by atoms with Crippen LogP contribution in [-0.2, 0) is 16.4 Å². The zero-order valence-electron chi connectivity index (χ0n) is 9.42. The molecule has 1 saturated heterocycles. The third kappa shape index (κ3) is 3.13. The molecule has 0 spiro atoms. The highest BCUT2D eigenvalue weighted by Crippen LogP contribution is 2.26. The lowest BCUT2D eigenvalue weighted by Gasteiger charge is -1.98. The van der Waals surface area contributed by atoms with E-state index in [0.29, 0.717) is 31.2 Å².